The number of ether oxygens (including phenoxy) is 2. The first-order valence-corrected chi connectivity index (χ1v) is 16.3. The van der Waals surface area contributed by atoms with Crippen molar-refractivity contribution in [2.45, 2.75) is 51.0 Å². The molecule has 1 aliphatic heterocycles. The Hall–Kier alpha value is -3.77. The smallest absolute Gasteiger partial charge is 0.304 e. The van der Waals surface area contributed by atoms with Crippen molar-refractivity contribution in [1.82, 2.24) is 0 Å². The molecule has 1 N–H and O–H groups in total. The first-order valence-electron chi connectivity index (χ1n) is 15.2. The van der Waals surface area contributed by atoms with E-state index in [0.29, 0.717) is 18.3 Å². The Morgan fingerprint density at radius 1 is 0.814 bits per heavy atom. The van der Waals surface area contributed by atoms with Crippen LogP contribution < -0.4 is 9.47 Å². The Kier molecular flexibility index (Phi) is 9.33. The average Bonchev–Trinajstić information content (AvgIpc) is 3.21. The lowest BCUT2D eigenvalue weighted by Crippen LogP contribution is -2.17. The quantitative estimate of drug-likeness (QED) is 0.199. The minimum Gasteiger partial charge on any atom is -0.493 e. The topological polar surface area (TPSA) is 55.8 Å². The van der Waals surface area contributed by atoms with Gasteiger partial charge in [-0.25, -0.2) is 4.39 Å². The predicted molar refractivity (Wildman–Crippen MR) is 171 cm³/mol. The van der Waals surface area contributed by atoms with Crippen LogP contribution in [0.15, 0.2) is 84.9 Å². The highest BCUT2D eigenvalue weighted by molar-refractivity contribution is 7.99. The van der Waals surface area contributed by atoms with Gasteiger partial charge in [-0.05, 0) is 131 Å². The first kappa shape index (κ1) is 29.3. The SMILES string of the molecule is O=C(O)CC(c1ccc(F)cc1)c1ccc(OCc2ccc3c(c2)-c2ccc(OCC4CCSCC4)cc2CCC3)cc1. The molecule has 0 saturated carbocycles. The third kappa shape index (κ3) is 7.42. The van der Waals surface area contributed by atoms with E-state index in [1.807, 2.05) is 36.0 Å². The summed E-state index contributed by atoms with van der Waals surface area (Å²) in [7, 11) is 0. The van der Waals surface area contributed by atoms with Gasteiger partial charge in [0.1, 0.15) is 23.9 Å². The Balaban J connectivity index is 1.14. The van der Waals surface area contributed by atoms with Crippen LogP contribution in [0.3, 0.4) is 0 Å². The standard InChI is InChI=1S/C37H37FO4S/c38-31-10-6-28(7-11-31)35(22-37(39)40)29-8-12-32(13-9-29)41-24-26-4-5-27-2-1-3-30-21-33(14-15-34(30)36(27)20-26)42-23-25-16-18-43-19-17-25/h4-15,20-21,25,35H,1-3,16-19,22-24H2,(H,39,40). The largest absolute Gasteiger partial charge is 0.493 e. The molecule has 4 aromatic carbocycles. The molecule has 43 heavy (non-hydrogen) atoms. The molecule has 4 nitrogen and oxygen atoms in total. The summed E-state index contributed by atoms with van der Waals surface area (Å²) in [6.07, 6.45) is 5.63. The van der Waals surface area contributed by atoms with E-state index in [0.717, 1.165) is 48.3 Å². The lowest BCUT2D eigenvalue weighted by molar-refractivity contribution is -0.137. The summed E-state index contributed by atoms with van der Waals surface area (Å²) >= 11 is 2.05. The zero-order valence-electron chi connectivity index (χ0n) is 24.3. The number of fused-ring (bicyclic) bond motifs is 3. The van der Waals surface area contributed by atoms with Gasteiger partial charge in [0.2, 0.25) is 0 Å². The van der Waals surface area contributed by atoms with Gasteiger partial charge in [-0.1, -0.05) is 42.5 Å². The van der Waals surface area contributed by atoms with Gasteiger partial charge >= 0.3 is 5.97 Å². The fourth-order valence-electron chi connectivity index (χ4n) is 6.17. The van der Waals surface area contributed by atoms with E-state index in [1.54, 1.807) is 12.1 Å². The summed E-state index contributed by atoms with van der Waals surface area (Å²) in [5, 5.41) is 9.47. The highest BCUT2D eigenvalue weighted by Crippen LogP contribution is 2.36. The number of carboxylic acid groups (broad SMARTS) is 1. The molecule has 4 aromatic rings. The van der Waals surface area contributed by atoms with Crippen LogP contribution in [0.4, 0.5) is 4.39 Å². The molecule has 1 atom stereocenters. The number of carboxylic acids is 1. The Morgan fingerprint density at radius 2 is 1.51 bits per heavy atom. The van der Waals surface area contributed by atoms with Crippen molar-refractivity contribution in [3.63, 3.8) is 0 Å². The summed E-state index contributed by atoms with van der Waals surface area (Å²) in [5.41, 5.74) is 7.99. The Labute approximate surface area is 257 Å². The Bertz CT molecular complexity index is 1540. The van der Waals surface area contributed by atoms with Gasteiger partial charge in [0.25, 0.3) is 0 Å². The number of hydrogen-bond donors (Lipinski definition) is 1. The minimum absolute atomic E-state index is 0.0736. The zero-order chi connectivity index (χ0) is 29.6. The number of aryl methyl sites for hydroxylation is 2. The van der Waals surface area contributed by atoms with Crippen LogP contribution in [0, 0.1) is 11.7 Å². The third-order valence-electron chi connectivity index (χ3n) is 8.60. The van der Waals surface area contributed by atoms with E-state index in [1.165, 1.54) is 58.7 Å². The van der Waals surface area contributed by atoms with Crippen LogP contribution in [-0.2, 0) is 24.2 Å². The fraction of sp³-hybridized carbons (Fsp3) is 0.324. The molecule has 1 saturated heterocycles. The van der Waals surface area contributed by atoms with Crippen molar-refractivity contribution in [2.75, 3.05) is 18.1 Å². The molecule has 1 heterocycles. The van der Waals surface area contributed by atoms with Gasteiger partial charge in [-0.15, -0.1) is 0 Å². The molecular formula is C37H37FO4S. The molecule has 6 rings (SSSR count). The average molecular weight is 597 g/mol. The lowest BCUT2D eigenvalue weighted by atomic mass is 9.88. The van der Waals surface area contributed by atoms with Gasteiger partial charge in [0.05, 0.1) is 13.0 Å². The van der Waals surface area contributed by atoms with Gasteiger partial charge in [0, 0.05) is 5.92 Å². The second-order valence-electron chi connectivity index (χ2n) is 11.6. The van der Waals surface area contributed by atoms with E-state index < -0.39 is 5.97 Å². The van der Waals surface area contributed by atoms with Crippen molar-refractivity contribution in [3.8, 4) is 22.6 Å². The summed E-state index contributed by atoms with van der Waals surface area (Å²) in [6, 6.07) is 26.8. The number of rotatable bonds is 10. The molecule has 0 spiro atoms. The normalized spacial score (nSPS) is 15.6. The van der Waals surface area contributed by atoms with Gasteiger partial charge in [-0.3, -0.25) is 4.79 Å². The molecule has 2 aliphatic rings. The van der Waals surface area contributed by atoms with E-state index in [2.05, 4.69) is 36.4 Å². The monoisotopic (exact) mass is 596 g/mol. The molecule has 1 unspecified atom stereocenters. The minimum atomic E-state index is -0.901. The summed E-state index contributed by atoms with van der Waals surface area (Å²) in [4.78, 5) is 11.6. The number of hydrogen-bond acceptors (Lipinski definition) is 4. The molecule has 0 bridgehead atoms. The van der Waals surface area contributed by atoms with Crippen LogP contribution in [0.1, 0.15) is 59.4 Å². The van der Waals surface area contributed by atoms with E-state index >= 15 is 0 Å². The maximum absolute atomic E-state index is 13.4. The highest BCUT2D eigenvalue weighted by Gasteiger charge is 2.20. The lowest BCUT2D eigenvalue weighted by Gasteiger charge is -2.22. The van der Waals surface area contributed by atoms with Gasteiger partial charge in [0.15, 0.2) is 0 Å². The van der Waals surface area contributed by atoms with Crippen LogP contribution in [0.25, 0.3) is 11.1 Å². The second-order valence-corrected chi connectivity index (χ2v) is 12.8. The molecule has 6 heteroatoms. The highest BCUT2D eigenvalue weighted by atomic mass is 32.2. The molecule has 222 valence electrons. The molecule has 0 radical (unpaired) electrons. The van der Waals surface area contributed by atoms with Crippen LogP contribution >= 0.6 is 11.8 Å². The van der Waals surface area contributed by atoms with Crippen molar-refractivity contribution < 1.29 is 23.8 Å². The van der Waals surface area contributed by atoms with Crippen molar-refractivity contribution in [2.24, 2.45) is 5.92 Å². The van der Waals surface area contributed by atoms with Crippen LogP contribution in [0.2, 0.25) is 0 Å². The summed E-state index contributed by atoms with van der Waals surface area (Å²) in [5.74, 6) is 3.25. The number of carbonyl (C=O) groups is 1. The summed E-state index contributed by atoms with van der Waals surface area (Å²) < 4.78 is 25.9. The van der Waals surface area contributed by atoms with E-state index in [-0.39, 0.29) is 18.2 Å². The number of aliphatic carboxylic acids is 1. The maximum Gasteiger partial charge on any atom is 0.304 e. The van der Waals surface area contributed by atoms with E-state index in [4.69, 9.17) is 9.47 Å². The zero-order valence-corrected chi connectivity index (χ0v) is 25.1. The van der Waals surface area contributed by atoms with Gasteiger partial charge < -0.3 is 14.6 Å². The maximum atomic E-state index is 13.4. The third-order valence-corrected chi connectivity index (χ3v) is 9.65. The van der Waals surface area contributed by atoms with Gasteiger partial charge in [-0.2, -0.15) is 11.8 Å². The molecule has 0 amide bonds. The fourth-order valence-corrected chi connectivity index (χ4v) is 7.37. The van der Waals surface area contributed by atoms with E-state index in [9.17, 15) is 14.3 Å². The van der Waals surface area contributed by atoms with Crippen molar-refractivity contribution >= 4 is 17.7 Å². The van der Waals surface area contributed by atoms with Crippen molar-refractivity contribution in [1.29, 1.82) is 0 Å². The number of thioether (sulfide) groups is 1. The van der Waals surface area contributed by atoms with Crippen LogP contribution in [-0.4, -0.2) is 29.2 Å². The number of halogens is 1. The molecule has 1 aliphatic carbocycles. The van der Waals surface area contributed by atoms with Crippen LogP contribution in [0.5, 0.6) is 11.5 Å². The summed E-state index contributed by atoms with van der Waals surface area (Å²) in [6.45, 7) is 1.24. The Morgan fingerprint density at radius 3 is 2.26 bits per heavy atom. The predicted octanol–water partition coefficient (Wildman–Crippen LogP) is 8.69. The molecule has 0 aromatic heterocycles. The molecular weight excluding hydrogens is 559 g/mol. The molecule has 1 fully saturated rings. The first-order chi connectivity index (χ1) is 21.0. The van der Waals surface area contributed by atoms with Crippen molar-refractivity contribution in [3.05, 3.63) is 119 Å². The second kappa shape index (κ2) is 13.7. The number of benzene rings is 4.